The zero-order valence-corrected chi connectivity index (χ0v) is 18.8. The van der Waals surface area contributed by atoms with E-state index < -0.39 is 20.3 Å². The molecule has 0 saturated heterocycles. The average Bonchev–Trinajstić information content (AvgIpc) is 2.64. The van der Waals surface area contributed by atoms with E-state index in [4.69, 9.17) is 0 Å². The summed E-state index contributed by atoms with van der Waals surface area (Å²) in [6.45, 7) is 0. The fraction of sp³-hybridized carbons (Fsp3) is 0.217. The first-order valence-corrected chi connectivity index (χ1v) is 18.2. The Morgan fingerprint density at radius 1 is 0.520 bits per heavy atom. The van der Waals surface area contributed by atoms with Gasteiger partial charge in [0.2, 0.25) is 0 Å². The molecular formula is C23H27HfN. The summed E-state index contributed by atoms with van der Waals surface area (Å²) in [7, 11) is 4.63. The molecule has 3 aromatic carbocycles. The zero-order chi connectivity index (χ0) is 17.5. The Balaban J connectivity index is 1.97. The summed E-state index contributed by atoms with van der Waals surface area (Å²) in [5.74, 6) is 0. The van der Waals surface area contributed by atoms with Crippen molar-refractivity contribution in [2.75, 3.05) is 14.1 Å². The molecule has 25 heavy (non-hydrogen) atoms. The Morgan fingerprint density at radius 3 is 1.04 bits per heavy atom. The van der Waals surface area contributed by atoms with Gasteiger partial charge in [-0.3, -0.25) is 0 Å². The maximum absolute atomic E-state index is 2.85. The van der Waals surface area contributed by atoms with Crippen LogP contribution in [0.15, 0.2) is 91.0 Å². The molecule has 0 bridgehead atoms. The molecular weight excluding hydrogens is 469 g/mol. The van der Waals surface area contributed by atoms with E-state index in [0.717, 1.165) is 0 Å². The predicted octanol–water partition coefficient (Wildman–Crippen LogP) is 5.22. The van der Waals surface area contributed by atoms with E-state index in [2.05, 4.69) is 108 Å². The topological polar surface area (TPSA) is 3.24 Å². The Bertz CT molecular complexity index is 652. The Labute approximate surface area is 157 Å². The molecule has 0 fully saturated rings. The van der Waals surface area contributed by atoms with Crippen LogP contribution in [0.3, 0.4) is 0 Å². The number of benzene rings is 3. The van der Waals surface area contributed by atoms with Gasteiger partial charge >= 0.3 is 157 Å². The van der Waals surface area contributed by atoms with E-state index in [1.165, 1.54) is 29.2 Å². The van der Waals surface area contributed by atoms with Crippen LogP contribution in [-0.2, 0) is 32.8 Å². The summed E-state index contributed by atoms with van der Waals surface area (Å²) in [6, 6.07) is 33.2. The van der Waals surface area contributed by atoms with Crippen molar-refractivity contribution < 1.29 is 20.3 Å². The van der Waals surface area contributed by atoms with Crippen LogP contribution in [0.2, 0.25) is 0 Å². The maximum atomic E-state index is 2.64. The van der Waals surface area contributed by atoms with Gasteiger partial charge in [0.25, 0.3) is 0 Å². The number of rotatable bonds is 7. The molecule has 0 saturated carbocycles. The van der Waals surface area contributed by atoms with Crippen LogP contribution in [0, 0.1) is 0 Å². The molecule has 0 aliphatic rings. The van der Waals surface area contributed by atoms with E-state index >= 15 is 0 Å². The third-order valence-corrected chi connectivity index (χ3v) is 23.4. The molecule has 128 valence electrons. The van der Waals surface area contributed by atoms with Crippen LogP contribution in [0.5, 0.6) is 0 Å². The van der Waals surface area contributed by atoms with Gasteiger partial charge in [-0.1, -0.05) is 0 Å². The molecule has 2 heteroatoms. The average molecular weight is 496 g/mol. The first kappa shape index (κ1) is 18.3. The summed E-state index contributed by atoms with van der Waals surface area (Å²) in [6.07, 6.45) is 0. The van der Waals surface area contributed by atoms with Crippen molar-refractivity contribution in [1.29, 1.82) is 0 Å². The molecule has 3 aromatic rings. The van der Waals surface area contributed by atoms with Gasteiger partial charge in [-0.05, 0) is 0 Å². The van der Waals surface area contributed by atoms with Crippen molar-refractivity contribution >= 4 is 0 Å². The molecule has 0 spiro atoms. The second-order valence-corrected chi connectivity index (χ2v) is 22.9. The third kappa shape index (κ3) is 4.99. The van der Waals surface area contributed by atoms with Gasteiger partial charge in [-0.25, -0.2) is 0 Å². The molecule has 0 radical (unpaired) electrons. The molecule has 0 N–H and O–H groups in total. The molecule has 0 atom stereocenters. The third-order valence-electron chi connectivity index (χ3n) is 5.08. The Kier molecular flexibility index (Phi) is 6.39. The molecule has 0 amide bonds. The first-order valence-electron chi connectivity index (χ1n) is 8.97. The quantitative estimate of drug-likeness (QED) is 0.406. The first-order chi connectivity index (χ1) is 12.2. The zero-order valence-electron chi connectivity index (χ0n) is 15.2. The van der Waals surface area contributed by atoms with Crippen molar-refractivity contribution in [1.82, 2.24) is 2.89 Å². The van der Waals surface area contributed by atoms with Gasteiger partial charge in [-0.2, -0.15) is 0 Å². The van der Waals surface area contributed by atoms with Gasteiger partial charge in [-0.15, -0.1) is 0 Å². The van der Waals surface area contributed by atoms with Crippen molar-refractivity contribution in [2.45, 2.75) is 12.5 Å². The van der Waals surface area contributed by atoms with E-state index in [0.29, 0.717) is 0 Å². The fourth-order valence-corrected chi connectivity index (χ4v) is 19.1. The summed E-state index contributed by atoms with van der Waals surface area (Å²) in [5.41, 5.74) is 4.47. The van der Waals surface area contributed by atoms with Crippen LogP contribution >= 0.6 is 0 Å². The van der Waals surface area contributed by atoms with E-state index in [9.17, 15) is 0 Å². The SMILES string of the molecule is C[N](C)[Hf]([CH2]c1ccccc1)([CH2]c1ccccc1)[CH2]c1ccccc1. The van der Waals surface area contributed by atoms with Crippen molar-refractivity contribution in [3.63, 3.8) is 0 Å². The summed E-state index contributed by atoms with van der Waals surface area (Å²) in [5, 5.41) is 0. The van der Waals surface area contributed by atoms with Gasteiger partial charge < -0.3 is 0 Å². The Morgan fingerprint density at radius 2 is 0.800 bits per heavy atom. The van der Waals surface area contributed by atoms with Crippen LogP contribution in [0.1, 0.15) is 16.7 Å². The Hall–Kier alpha value is -1.51. The number of hydrogen-bond acceptors (Lipinski definition) is 1. The summed E-state index contributed by atoms with van der Waals surface area (Å²) < 4.78 is 6.40. The van der Waals surface area contributed by atoms with Crippen LogP contribution in [0.25, 0.3) is 0 Å². The van der Waals surface area contributed by atoms with E-state index in [-0.39, 0.29) is 0 Å². The van der Waals surface area contributed by atoms with E-state index in [1.807, 2.05) is 0 Å². The van der Waals surface area contributed by atoms with Crippen molar-refractivity contribution in [3.05, 3.63) is 108 Å². The minimum atomic E-state index is -2.85. The molecule has 3 rings (SSSR count). The van der Waals surface area contributed by atoms with Gasteiger partial charge in [0, 0.05) is 0 Å². The second-order valence-electron chi connectivity index (χ2n) is 7.11. The van der Waals surface area contributed by atoms with Crippen molar-refractivity contribution in [2.24, 2.45) is 0 Å². The second kappa shape index (κ2) is 8.73. The normalized spacial score (nSPS) is 11.6. The standard InChI is InChI=1S/3C7H7.C2H6N.Hf/c3*1-7-5-3-2-4-6-7;1-3-2;/h3*2-6H,1H2;1-2H3;/q;;;-1;+1. The monoisotopic (exact) mass is 497 g/mol. The van der Waals surface area contributed by atoms with Gasteiger partial charge in [0.15, 0.2) is 0 Å². The summed E-state index contributed by atoms with van der Waals surface area (Å²) >= 11 is -2.85. The molecule has 0 aliphatic carbocycles. The van der Waals surface area contributed by atoms with Gasteiger partial charge in [0.05, 0.1) is 0 Å². The molecule has 0 aromatic heterocycles. The molecule has 0 heterocycles. The number of hydrogen-bond donors (Lipinski definition) is 0. The number of nitrogens with zero attached hydrogens (tertiary/aromatic N) is 1. The molecule has 0 aliphatic heterocycles. The molecule has 0 unspecified atom stereocenters. The molecule has 1 nitrogen and oxygen atoms in total. The summed E-state index contributed by atoms with van der Waals surface area (Å²) in [4.78, 5) is 0. The van der Waals surface area contributed by atoms with Gasteiger partial charge in [0.1, 0.15) is 0 Å². The van der Waals surface area contributed by atoms with E-state index in [1.54, 1.807) is 0 Å². The predicted molar refractivity (Wildman–Crippen MR) is 104 cm³/mol. The van der Waals surface area contributed by atoms with Crippen LogP contribution in [-0.4, -0.2) is 17.0 Å². The fourth-order valence-electron chi connectivity index (χ4n) is 3.59. The van der Waals surface area contributed by atoms with Crippen LogP contribution in [0.4, 0.5) is 0 Å². The van der Waals surface area contributed by atoms with Crippen molar-refractivity contribution in [3.8, 4) is 0 Å². The van der Waals surface area contributed by atoms with Crippen LogP contribution < -0.4 is 0 Å². The minimum absolute atomic E-state index is 1.25.